The lowest BCUT2D eigenvalue weighted by Gasteiger charge is -2.23. The molecule has 6 nitrogen and oxygen atoms in total. The number of aryl methyl sites for hydroxylation is 1. The molecule has 130 valence electrons. The highest BCUT2D eigenvalue weighted by atomic mass is 16.5. The fraction of sp³-hybridized carbons (Fsp3) is 0.316. The van der Waals surface area contributed by atoms with Crippen LogP contribution in [0.3, 0.4) is 0 Å². The Hall–Kier alpha value is -2.89. The summed E-state index contributed by atoms with van der Waals surface area (Å²) in [6.45, 7) is 3.62. The Morgan fingerprint density at radius 1 is 1.32 bits per heavy atom. The van der Waals surface area contributed by atoms with Gasteiger partial charge in [0.2, 0.25) is 5.88 Å². The molecule has 0 aliphatic carbocycles. The van der Waals surface area contributed by atoms with E-state index in [1.807, 2.05) is 25.1 Å². The molecule has 1 aromatic heterocycles. The summed E-state index contributed by atoms with van der Waals surface area (Å²) >= 11 is 0. The predicted octanol–water partition coefficient (Wildman–Crippen LogP) is 2.72. The van der Waals surface area contributed by atoms with Gasteiger partial charge in [-0.15, -0.1) is 0 Å². The van der Waals surface area contributed by atoms with Crippen molar-refractivity contribution in [1.29, 1.82) is 0 Å². The molecular weight excluding hydrogens is 320 g/mol. The van der Waals surface area contributed by atoms with Crippen molar-refractivity contribution in [3.8, 4) is 11.6 Å². The monoisotopic (exact) mass is 340 g/mol. The van der Waals surface area contributed by atoms with Gasteiger partial charge in [-0.05, 0) is 37.1 Å². The summed E-state index contributed by atoms with van der Waals surface area (Å²) in [5.41, 5.74) is 3.79. The Bertz CT molecular complexity index is 861. The number of methoxy groups -OCH3 is 1. The number of nitrogens with one attached hydrogen (secondary N) is 1. The van der Waals surface area contributed by atoms with Gasteiger partial charge in [-0.1, -0.05) is 12.1 Å². The third-order valence-corrected chi connectivity index (χ3v) is 4.40. The molecule has 3 rings (SSSR count). The Morgan fingerprint density at radius 3 is 2.76 bits per heavy atom. The summed E-state index contributed by atoms with van der Waals surface area (Å²) in [6.07, 6.45) is 0.516. The first-order chi connectivity index (χ1) is 11.9. The standard InChI is InChI=1S/C19H20N2O4/c1-10-7-14(17(22)20-3)15-9-13-8-12(11(2)19(23)24-4)5-6-16(13)25-18(15)21-10/h5-8,11H,9H2,1-4H3,(H,20,22). The average Bonchev–Trinajstić information content (AvgIpc) is 2.63. The first kappa shape index (κ1) is 17.0. The van der Waals surface area contributed by atoms with Crippen molar-refractivity contribution in [2.24, 2.45) is 0 Å². The normalized spacial score (nSPS) is 13.1. The van der Waals surface area contributed by atoms with Crippen LogP contribution in [0.15, 0.2) is 24.3 Å². The van der Waals surface area contributed by atoms with Crippen LogP contribution >= 0.6 is 0 Å². The molecular formula is C19H20N2O4. The molecule has 25 heavy (non-hydrogen) atoms. The van der Waals surface area contributed by atoms with Crippen molar-refractivity contribution in [1.82, 2.24) is 10.3 Å². The summed E-state index contributed by atoms with van der Waals surface area (Å²) in [4.78, 5) is 28.4. The minimum Gasteiger partial charge on any atom is -0.469 e. The van der Waals surface area contributed by atoms with E-state index in [0.29, 0.717) is 23.6 Å². The van der Waals surface area contributed by atoms with E-state index in [4.69, 9.17) is 9.47 Å². The van der Waals surface area contributed by atoms with Gasteiger partial charge in [0, 0.05) is 24.7 Å². The number of ether oxygens (including phenoxy) is 2. The smallest absolute Gasteiger partial charge is 0.312 e. The molecule has 0 saturated carbocycles. The van der Waals surface area contributed by atoms with Crippen LogP contribution in [0.4, 0.5) is 0 Å². The van der Waals surface area contributed by atoms with Gasteiger partial charge in [-0.25, -0.2) is 4.98 Å². The van der Waals surface area contributed by atoms with Gasteiger partial charge < -0.3 is 14.8 Å². The molecule has 1 aliphatic heterocycles. The van der Waals surface area contributed by atoms with E-state index < -0.39 is 0 Å². The lowest BCUT2D eigenvalue weighted by Crippen LogP contribution is -2.22. The number of aromatic nitrogens is 1. The zero-order valence-electron chi connectivity index (χ0n) is 14.7. The van der Waals surface area contributed by atoms with Crippen molar-refractivity contribution >= 4 is 11.9 Å². The quantitative estimate of drug-likeness (QED) is 0.742. The first-order valence-corrected chi connectivity index (χ1v) is 8.05. The second-order valence-electron chi connectivity index (χ2n) is 6.06. The number of rotatable bonds is 3. The van der Waals surface area contributed by atoms with E-state index in [-0.39, 0.29) is 17.8 Å². The number of esters is 1. The zero-order chi connectivity index (χ0) is 18.1. The summed E-state index contributed by atoms with van der Waals surface area (Å²) < 4.78 is 10.7. The van der Waals surface area contributed by atoms with Crippen molar-refractivity contribution in [2.75, 3.05) is 14.2 Å². The molecule has 1 N–H and O–H groups in total. The van der Waals surface area contributed by atoms with Crippen molar-refractivity contribution in [3.05, 3.63) is 52.2 Å². The lowest BCUT2D eigenvalue weighted by molar-refractivity contribution is -0.141. The van der Waals surface area contributed by atoms with E-state index in [2.05, 4.69) is 10.3 Å². The molecule has 1 amide bonds. The van der Waals surface area contributed by atoms with Crippen LogP contribution in [0.25, 0.3) is 0 Å². The molecule has 2 heterocycles. The summed E-state index contributed by atoms with van der Waals surface area (Å²) in [5.74, 6) is 0.314. The molecule has 1 aliphatic rings. The van der Waals surface area contributed by atoms with Gasteiger partial charge in [0.25, 0.3) is 5.91 Å². The number of carbonyl (C=O) groups is 2. The Morgan fingerprint density at radius 2 is 2.08 bits per heavy atom. The molecule has 0 spiro atoms. The summed E-state index contributed by atoms with van der Waals surface area (Å²) in [6, 6.07) is 7.36. The maximum atomic E-state index is 12.2. The number of carbonyl (C=O) groups excluding carboxylic acids is 2. The Labute approximate surface area is 146 Å². The lowest BCUT2D eigenvalue weighted by atomic mass is 9.93. The van der Waals surface area contributed by atoms with E-state index in [1.54, 1.807) is 20.0 Å². The minimum atomic E-state index is -0.369. The summed E-state index contributed by atoms with van der Waals surface area (Å²) in [5, 5.41) is 2.65. The number of benzene rings is 1. The molecule has 2 aromatic rings. The van der Waals surface area contributed by atoms with Gasteiger partial charge >= 0.3 is 5.97 Å². The maximum absolute atomic E-state index is 12.2. The molecule has 0 fully saturated rings. The van der Waals surface area contributed by atoms with Crippen LogP contribution in [-0.2, 0) is 16.0 Å². The van der Waals surface area contributed by atoms with Gasteiger partial charge in [0.05, 0.1) is 18.6 Å². The fourth-order valence-corrected chi connectivity index (χ4v) is 2.98. The number of amides is 1. The molecule has 1 aromatic carbocycles. The first-order valence-electron chi connectivity index (χ1n) is 8.05. The van der Waals surface area contributed by atoms with E-state index in [1.165, 1.54) is 7.11 Å². The highest BCUT2D eigenvalue weighted by Gasteiger charge is 2.26. The van der Waals surface area contributed by atoms with Crippen LogP contribution < -0.4 is 10.1 Å². The average molecular weight is 340 g/mol. The van der Waals surface area contributed by atoms with E-state index >= 15 is 0 Å². The van der Waals surface area contributed by atoms with Crippen LogP contribution in [0, 0.1) is 6.92 Å². The van der Waals surface area contributed by atoms with Crippen molar-refractivity contribution in [3.63, 3.8) is 0 Å². The highest BCUT2D eigenvalue weighted by molar-refractivity contribution is 5.96. The van der Waals surface area contributed by atoms with E-state index in [0.717, 1.165) is 22.4 Å². The van der Waals surface area contributed by atoms with Crippen molar-refractivity contribution in [2.45, 2.75) is 26.2 Å². The molecule has 6 heteroatoms. The van der Waals surface area contributed by atoms with Gasteiger partial charge in [-0.2, -0.15) is 0 Å². The number of pyridine rings is 1. The number of hydrogen-bond donors (Lipinski definition) is 1. The second kappa shape index (κ2) is 6.55. The highest BCUT2D eigenvalue weighted by Crippen LogP contribution is 2.38. The molecule has 0 bridgehead atoms. The Balaban J connectivity index is 2.02. The fourth-order valence-electron chi connectivity index (χ4n) is 2.98. The SMILES string of the molecule is CNC(=O)c1cc(C)nc2c1Cc1cc(C(C)C(=O)OC)ccc1O2. The van der Waals surface area contributed by atoms with Crippen LogP contribution in [-0.4, -0.2) is 31.0 Å². The largest absolute Gasteiger partial charge is 0.469 e. The van der Waals surface area contributed by atoms with Crippen LogP contribution in [0.1, 0.15) is 45.6 Å². The third-order valence-electron chi connectivity index (χ3n) is 4.40. The number of nitrogens with zero attached hydrogens (tertiary/aromatic N) is 1. The minimum absolute atomic E-state index is 0.173. The van der Waals surface area contributed by atoms with Gasteiger partial charge in [-0.3, -0.25) is 9.59 Å². The van der Waals surface area contributed by atoms with Gasteiger partial charge in [0.15, 0.2) is 0 Å². The molecule has 0 saturated heterocycles. The Kier molecular flexibility index (Phi) is 4.44. The topological polar surface area (TPSA) is 77.5 Å². The molecule has 1 unspecified atom stereocenters. The van der Waals surface area contributed by atoms with E-state index in [9.17, 15) is 9.59 Å². The maximum Gasteiger partial charge on any atom is 0.312 e. The number of hydrogen-bond acceptors (Lipinski definition) is 5. The number of fused-ring (bicyclic) bond motifs is 2. The molecule has 1 atom stereocenters. The molecule has 0 radical (unpaired) electrons. The predicted molar refractivity (Wildman–Crippen MR) is 92.1 cm³/mol. The van der Waals surface area contributed by atoms with Crippen LogP contribution in [0.5, 0.6) is 11.6 Å². The van der Waals surface area contributed by atoms with Gasteiger partial charge in [0.1, 0.15) is 5.75 Å². The van der Waals surface area contributed by atoms with Crippen molar-refractivity contribution < 1.29 is 19.1 Å². The summed E-state index contributed by atoms with van der Waals surface area (Å²) in [7, 11) is 2.97. The second-order valence-corrected chi connectivity index (χ2v) is 6.06. The zero-order valence-corrected chi connectivity index (χ0v) is 14.7. The third kappa shape index (κ3) is 3.07. The van der Waals surface area contributed by atoms with Crippen LogP contribution in [0.2, 0.25) is 0 Å².